The average Bonchev–Trinajstić information content (AvgIpc) is 2.91. The molecule has 0 atom stereocenters. The summed E-state index contributed by atoms with van der Waals surface area (Å²) in [5.74, 6) is -2.17. The quantitative estimate of drug-likeness (QED) is 0.825. The molecule has 0 unspecified atom stereocenters. The van der Waals surface area contributed by atoms with Gasteiger partial charge in [-0.05, 0) is 31.0 Å². The minimum absolute atomic E-state index is 0.0261. The van der Waals surface area contributed by atoms with Crippen LogP contribution < -0.4 is 5.73 Å². The maximum atomic E-state index is 13.3. The van der Waals surface area contributed by atoms with E-state index in [2.05, 4.69) is 0 Å². The third-order valence-electron chi connectivity index (χ3n) is 3.58. The number of nitrogens with zero attached hydrogens (tertiary/aromatic N) is 1. The number of benzene rings is 1. The van der Waals surface area contributed by atoms with Crippen LogP contribution in [0, 0.1) is 5.82 Å². The summed E-state index contributed by atoms with van der Waals surface area (Å²) in [7, 11) is 0. The molecule has 1 aliphatic rings. The van der Waals surface area contributed by atoms with Gasteiger partial charge in [0.15, 0.2) is 0 Å². The number of rotatable bonds is 4. The molecule has 0 spiro atoms. The summed E-state index contributed by atoms with van der Waals surface area (Å²) in [5, 5.41) is 8.96. The van der Waals surface area contributed by atoms with E-state index in [0.29, 0.717) is 0 Å². The van der Waals surface area contributed by atoms with Gasteiger partial charge in [-0.3, -0.25) is 9.59 Å². The number of carboxylic acids is 1. The molecule has 1 saturated carbocycles. The normalized spacial score (nSPS) is 15.2. The number of amides is 1. The van der Waals surface area contributed by atoms with E-state index in [-0.39, 0.29) is 23.8 Å². The Bertz CT molecular complexity index is 527. The van der Waals surface area contributed by atoms with E-state index in [1.54, 1.807) is 0 Å². The van der Waals surface area contributed by atoms with Crippen molar-refractivity contribution in [2.45, 2.75) is 31.7 Å². The van der Waals surface area contributed by atoms with Gasteiger partial charge in [-0.2, -0.15) is 0 Å². The van der Waals surface area contributed by atoms with Gasteiger partial charge in [-0.1, -0.05) is 12.8 Å². The van der Waals surface area contributed by atoms with Gasteiger partial charge in [0.2, 0.25) is 0 Å². The molecule has 1 amide bonds. The number of hydrogen-bond donors (Lipinski definition) is 2. The van der Waals surface area contributed by atoms with Crippen molar-refractivity contribution in [1.29, 1.82) is 0 Å². The summed E-state index contributed by atoms with van der Waals surface area (Å²) in [6.07, 6.45) is 3.47. The van der Waals surface area contributed by atoms with Crippen LogP contribution in [0.5, 0.6) is 0 Å². The maximum absolute atomic E-state index is 13.3. The second-order valence-corrected chi connectivity index (χ2v) is 5.00. The lowest BCUT2D eigenvalue weighted by atomic mass is 10.1. The van der Waals surface area contributed by atoms with Crippen LogP contribution in [-0.4, -0.2) is 34.5 Å². The van der Waals surface area contributed by atoms with Gasteiger partial charge >= 0.3 is 5.97 Å². The van der Waals surface area contributed by atoms with Crippen LogP contribution in [-0.2, 0) is 4.79 Å². The van der Waals surface area contributed by atoms with Gasteiger partial charge in [0.1, 0.15) is 12.4 Å². The molecule has 0 aliphatic heterocycles. The summed E-state index contributed by atoms with van der Waals surface area (Å²) < 4.78 is 13.3. The molecule has 0 saturated heterocycles. The van der Waals surface area contributed by atoms with Gasteiger partial charge in [-0.15, -0.1) is 0 Å². The van der Waals surface area contributed by atoms with E-state index in [1.807, 2.05) is 0 Å². The van der Waals surface area contributed by atoms with Gasteiger partial charge in [0, 0.05) is 11.7 Å². The molecule has 6 heteroatoms. The number of aliphatic carboxylic acids is 1. The summed E-state index contributed by atoms with van der Waals surface area (Å²) >= 11 is 0. The zero-order valence-corrected chi connectivity index (χ0v) is 11.0. The molecular formula is C14H17FN2O3. The number of carboxylic acid groups (broad SMARTS) is 1. The fraction of sp³-hybridized carbons (Fsp3) is 0.429. The highest BCUT2D eigenvalue weighted by Gasteiger charge is 2.30. The van der Waals surface area contributed by atoms with Crippen molar-refractivity contribution >= 4 is 17.6 Å². The second-order valence-electron chi connectivity index (χ2n) is 5.00. The number of hydrogen-bond acceptors (Lipinski definition) is 3. The molecule has 0 aromatic heterocycles. The highest BCUT2D eigenvalue weighted by atomic mass is 19.1. The molecule has 2 rings (SSSR count). The summed E-state index contributed by atoms with van der Waals surface area (Å²) in [6, 6.07) is 3.43. The number of halogens is 1. The predicted octanol–water partition coefficient (Wildman–Crippen LogP) is 1.88. The van der Waals surface area contributed by atoms with Crippen molar-refractivity contribution in [2.75, 3.05) is 12.3 Å². The van der Waals surface area contributed by atoms with E-state index < -0.39 is 17.7 Å². The molecule has 1 aromatic carbocycles. The number of nitrogen functional groups attached to an aromatic ring is 1. The lowest BCUT2D eigenvalue weighted by Crippen LogP contribution is -2.42. The molecule has 108 valence electrons. The van der Waals surface area contributed by atoms with Crippen LogP contribution in [0.2, 0.25) is 0 Å². The fourth-order valence-corrected chi connectivity index (χ4v) is 2.60. The molecule has 1 fully saturated rings. The van der Waals surface area contributed by atoms with Crippen molar-refractivity contribution in [3.63, 3.8) is 0 Å². The monoisotopic (exact) mass is 280 g/mol. The Labute approximate surface area is 116 Å². The predicted molar refractivity (Wildman–Crippen MR) is 71.7 cm³/mol. The molecule has 5 nitrogen and oxygen atoms in total. The third-order valence-corrected chi connectivity index (χ3v) is 3.58. The number of anilines is 1. The van der Waals surface area contributed by atoms with Gasteiger partial charge < -0.3 is 15.7 Å². The van der Waals surface area contributed by atoms with E-state index in [4.69, 9.17) is 10.8 Å². The molecule has 0 bridgehead atoms. The van der Waals surface area contributed by atoms with E-state index in [1.165, 1.54) is 17.0 Å². The first-order chi connectivity index (χ1) is 9.49. The topological polar surface area (TPSA) is 83.6 Å². The Morgan fingerprint density at radius 1 is 1.35 bits per heavy atom. The summed E-state index contributed by atoms with van der Waals surface area (Å²) in [4.78, 5) is 24.7. The summed E-state index contributed by atoms with van der Waals surface area (Å²) in [6.45, 7) is -0.389. The Kier molecular flexibility index (Phi) is 4.22. The molecule has 1 aliphatic carbocycles. The molecule has 0 heterocycles. The van der Waals surface area contributed by atoms with Crippen molar-refractivity contribution in [3.05, 3.63) is 29.6 Å². The third kappa shape index (κ3) is 3.07. The molecular weight excluding hydrogens is 263 g/mol. The van der Waals surface area contributed by atoms with Crippen LogP contribution in [0.4, 0.5) is 10.1 Å². The summed E-state index contributed by atoms with van der Waals surface area (Å²) in [5.41, 5.74) is 5.88. The minimum Gasteiger partial charge on any atom is -0.480 e. The van der Waals surface area contributed by atoms with Gasteiger partial charge in [0.25, 0.3) is 5.91 Å². The lowest BCUT2D eigenvalue weighted by Gasteiger charge is -2.27. The number of nitrogens with two attached hydrogens (primary N) is 1. The van der Waals surface area contributed by atoms with Crippen molar-refractivity contribution in [1.82, 2.24) is 4.90 Å². The van der Waals surface area contributed by atoms with E-state index >= 15 is 0 Å². The van der Waals surface area contributed by atoms with E-state index in [9.17, 15) is 14.0 Å². The first kappa shape index (κ1) is 14.3. The first-order valence-corrected chi connectivity index (χ1v) is 6.57. The van der Waals surface area contributed by atoms with Gasteiger partial charge in [-0.25, -0.2) is 4.39 Å². The average molecular weight is 280 g/mol. The van der Waals surface area contributed by atoms with Gasteiger partial charge in [0.05, 0.1) is 5.56 Å². The van der Waals surface area contributed by atoms with Crippen LogP contribution in [0.15, 0.2) is 18.2 Å². The Morgan fingerprint density at radius 2 is 2.00 bits per heavy atom. The van der Waals surface area contributed by atoms with E-state index in [0.717, 1.165) is 31.7 Å². The molecule has 20 heavy (non-hydrogen) atoms. The van der Waals surface area contributed by atoms with Crippen molar-refractivity contribution in [3.8, 4) is 0 Å². The highest BCUT2D eigenvalue weighted by Crippen LogP contribution is 2.26. The first-order valence-electron chi connectivity index (χ1n) is 6.57. The van der Waals surface area contributed by atoms with Crippen molar-refractivity contribution < 1.29 is 19.1 Å². The highest BCUT2D eigenvalue weighted by molar-refractivity contribution is 6.00. The molecule has 1 aromatic rings. The fourth-order valence-electron chi connectivity index (χ4n) is 2.60. The van der Waals surface area contributed by atoms with Crippen LogP contribution >= 0.6 is 0 Å². The lowest BCUT2D eigenvalue weighted by molar-refractivity contribution is -0.138. The number of carbonyl (C=O) groups excluding carboxylic acids is 1. The smallest absolute Gasteiger partial charge is 0.323 e. The van der Waals surface area contributed by atoms with Crippen LogP contribution in [0.25, 0.3) is 0 Å². The molecule has 0 radical (unpaired) electrons. The zero-order chi connectivity index (χ0) is 14.7. The van der Waals surface area contributed by atoms with Crippen LogP contribution in [0.1, 0.15) is 36.0 Å². The Hall–Kier alpha value is -2.11. The maximum Gasteiger partial charge on any atom is 0.323 e. The largest absolute Gasteiger partial charge is 0.480 e. The Morgan fingerprint density at radius 3 is 2.60 bits per heavy atom. The zero-order valence-electron chi connectivity index (χ0n) is 11.0. The van der Waals surface area contributed by atoms with Crippen LogP contribution in [0.3, 0.4) is 0 Å². The Balaban J connectivity index is 2.29. The molecule has 3 N–H and O–H groups in total. The second kappa shape index (κ2) is 5.90. The van der Waals surface area contributed by atoms with Crippen molar-refractivity contribution in [2.24, 2.45) is 0 Å². The number of carbonyl (C=O) groups is 2. The SMILES string of the molecule is Nc1ccc(F)cc1C(=O)N(CC(=O)O)C1CCCC1. The standard InChI is InChI=1S/C14H17FN2O3/c15-9-5-6-12(16)11(7-9)14(20)17(8-13(18)19)10-3-1-2-4-10/h5-7,10H,1-4,8,16H2,(H,18,19). The minimum atomic E-state index is -1.08.